The van der Waals surface area contributed by atoms with Gasteiger partial charge in [0, 0.05) is 11.9 Å². The van der Waals surface area contributed by atoms with Crippen LogP contribution < -0.4 is 5.32 Å². The van der Waals surface area contributed by atoms with Gasteiger partial charge in [-0.1, -0.05) is 29.8 Å². The van der Waals surface area contributed by atoms with Crippen molar-refractivity contribution in [2.45, 2.75) is 0 Å². The minimum atomic E-state index is -0.571. The Labute approximate surface area is 149 Å². The smallest absolute Gasteiger partial charge is 0.339 e. The van der Waals surface area contributed by atoms with Gasteiger partial charge in [0.25, 0.3) is 5.91 Å². The Hall–Kier alpha value is -3.12. The molecule has 6 nitrogen and oxygen atoms in total. The highest BCUT2D eigenvalue weighted by Gasteiger charge is 2.14. The second kappa shape index (κ2) is 7.19. The number of carbonyl (C=O) groups excluding carboxylic acids is 2. The Balaban J connectivity index is 1.79. The summed E-state index contributed by atoms with van der Waals surface area (Å²) in [6.07, 6.45) is 3.10. The lowest BCUT2D eigenvalue weighted by Gasteiger charge is -2.07. The van der Waals surface area contributed by atoms with Gasteiger partial charge in [0.1, 0.15) is 0 Å². The Morgan fingerprint density at radius 3 is 2.64 bits per heavy atom. The van der Waals surface area contributed by atoms with Crippen LogP contribution in [0, 0.1) is 0 Å². The fourth-order valence-electron chi connectivity index (χ4n) is 2.23. The fourth-order valence-corrected chi connectivity index (χ4v) is 2.43. The highest BCUT2D eigenvalue weighted by atomic mass is 35.5. The summed E-state index contributed by atoms with van der Waals surface area (Å²) in [6.45, 7) is 0. The number of halogens is 1. The van der Waals surface area contributed by atoms with Crippen LogP contribution in [0.15, 0.2) is 60.9 Å². The Kier molecular flexibility index (Phi) is 4.81. The molecule has 0 fully saturated rings. The molecule has 1 N–H and O–H groups in total. The molecule has 1 aromatic heterocycles. The Morgan fingerprint density at radius 1 is 1.16 bits per heavy atom. The number of nitrogens with zero attached hydrogens (tertiary/aromatic N) is 2. The number of hydrogen-bond donors (Lipinski definition) is 1. The molecule has 7 heteroatoms. The number of rotatable bonds is 4. The van der Waals surface area contributed by atoms with E-state index >= 15 is 0 Å². The van der Waals surface area contributed by atoms with Crippen molar-refractivity contribution in [1.29, 1.82) is 0 Å². The van der Waals surface area contributed by atoms with E-state index < -0.39 is 5.97 Å². The van der Waals surface area contributed by atoms with Gasteiger partial charge in [-0.2, -0.15) is 5.10 Å². The quantitative estimate of drug-likeness (QED) is 0.726. The van der Waals surface area contributed by atoms with Crippen molar-refractivity contribution < 1.29 is 14.3 Å². The second-order valence-corrected chi connectivity index (χ2v) is 5.56. The van der Waals surface area contributed by atoms with Crippen LogP contribution in [0.2, 0.25) is 5.02 Å². The van der Waals surface area contributed by atoms with E-state index in [1.807, 2.05) is 30.3 Å². The second-order valence-electron chi connectivity index (χ2n) is 5.15. The summed E-state index contributed by atoms with van der Waals surface area (Å²) in [7, 11) is 1.27. The number of ether oxygens (including phenoxy) is 1. The molecule has 3 rings (SSSR count). The highest BCUT2D eigenvalue weighted by Crippen LogP contribution is 2.22. The first-order valence-electron chi connectivity index (χ1n) is 7.38. The summed E-state index contributed by atoms with van der Waals surface area (Å²) in [6, 6.07) is 14.0. The zero-order valence-electron chi connectivity index (χ0n) is 13.3. The Morgan fingerprint density at radius 2 is 1.92 bits per heavy atom. The first-order chi connectivity index (χ1) is 12.1. The molecule has 0 atom stereocenters. The SMILES string of the molecule is COC(=O)c1cc(NC(=O)c2cnn(-c3ccccc3)c2)ccc1Cl. The van der Waals surface area contributed by atoms with E-state index in [1.54, 1.807) is 16.9 Å². The fraction of sp³-hybridized carbons (Fsp3) is 0.0556. The third-order valence-electron chi connectivity index (χ3n) is 3.50. The summed E-state index contributed by atoms with van der Waals surface area (Å²) >= 11 is 5.97. The molecule has 1 amide bonds. The van der Waals surface area contributed by atoms with Gasteiger partial charge in [-0.3, -0.25) is 4.79 Å². The zero-order chi connectivity index (χ0) is 17.8. The van der Waals surface area contributed by atoms with E-state index in [-0.39, 0.29) is 16.5 Å². The van der Waals surface area contributed by atoms with Gasteiger partial charge in [0.15, 0.2) is 0 Å². The summed E-state index contributed by atoms with van der Waals surface area (Å²) in [5.74, 6) is -0.918. The average molecular weight is 356 g/mol. The van der Waals surface area contributed by atoms with Crippen LogP contribution in [0.4, 0.5) is 5.69 Å². The maximum Gasteiger partial charge on any atom is 0.339 e. The van der Waals surface area contributed by atoms with Crippen molar-refractivity contribution in [3.05, 3.63) is 77.1 Å². The van der Waals surface area contributed by atoms with Crippen LogP contribution >= 0.6 is 11.6 Å². The third-order valence-corrected chi connectivity index (χ3v) is 3.82. The number of benzene rings is 2. The maximum absolute atomic E-state index is 12.4. The lowest BCUT2D eigenvalue weighted by Crippen LogP contribution is -2.12. The number of amides is 1. The number of nitrogens with one attached hydrogen (secondary N) is 1. The number of anilines is 1. The van der Waals surface area contributed by atoms with Crippen molar-refractivity contribution in [2.24, 2.45) is 0 Å². The van der Waals surface area contributed by atoms with E-state index in [9.17, 15) is 9.59 Å². The molecule has 0 radical (unpaired) electrons. The summed E-state index contributed by atoms with van der Waals surface area (Å²) in [5, 5.41) is 7.15. The predicted octanol–water partition coefficient (Wildman–Crippen LogP) is 3.56. The van der Waals surface area contributed by atoms with Crippen molar-refractivity contribution in [2.75, 3.05) is 12.4 Å². The van der Waals surface area contributed by atoms with Crippen LogP contribution in [0.5, 0.6) is 0 Å². The van der Waals surface area contributed by atoms with Crippen LogP contribution in [-0.2, 0) is 4.74 Å². The van der Waals surface area contributed by atoms with Gasteiger partial charge in [-0.15, -0.1) is 0 Å². The van der Waals surface area contributed by atoms with E-state index in [2.05, 4.69) is 15.2 Å². The van der Waals surface area contributed by atoms with Gasteiger partial charge in [0.05, 0.1) is 35.1 Å². The van der Waals surface area contributed by atoms with Crippen LogP contribution in [0.3, 0.4) is 0 Å². The number of hydrogen-bond acceptors (Lipinski definition) is 4. The zero-order valence-corrected chi connectivity index (χ0v) is 14.0. The molecule has 0 saturated heterocycles. The minimum absolute atomic E-state index is 0.182. The Bertz CT molecular complexity index is 922. The highest BCUT2D eigenvalue weighted by molar-refractivity contribution is 6.33. The molecule has 1 heterocycles. The van der Waals surface area contributed by atoms with E-state index in [0.717, 1.165) is 5.69 Å². The number of aromatic nitrogens is 2. The van der Waals surface area contributed by atoms with Gasteiger partial charge >= 0.3 is 5.97 Å². The summed E-state index contributed by atoms with van der Waals surface area (Å²) in [4.78, 5) is 24.1. The minimum Gasteiger partial charge on any atom is -0.465 e. The molecule has 0 aliphatic carbocycles. The van der Waals surface area contributed by atoms with Crippen molar-refractivity contribution in [3.63, 3.8) is 0 Å². The van der Waals surface area contributed by atoms with Gasteiger partial charge < -0.3 is 10.1 Å². The van der Waals surface area contributed by atoms with Crippen molar-refractivity contribution in [3.8, 4) is 5.69 Å². The van der Waals surface area contributed by atoms with Crippen molar-refractivity contribution >= 4 is 29.2 Å². The maximum atomic E-state index is 12.4. The lowest BCUT2D eigenvalue weighted by molar-refractivity contribution is 0.0600. The van der Waals surface area contributed by atoms with Crippen molar-refractivity contribution in [1.82, 2.24) is 9.78 Å². The molecular formula is C18H14ClN3O3. The molecule has 0 saturated carbocycles. The van der Waals surface area contributed by atoms with Gasteiger partial charge in [0.2, 0.25) is 0 Å². The largest absolute Gasteiger partial charge is 0.465 e. The number of methoxy groups -OCH3 is 1. The standard InChI is InChI=1S/C18H14ClN3O3/c1-25-18(24)15-9-13(7-8-16(15)19)21-17(23)12-10-20-22(11-12)14-5-3-2-4-6-14/h2-11H,1H3,(H,21,23). The molecule has 3 aromatic rings. The average Bonchev–Trinajstić information content (AvgIpc) is 3.14. The van der Waals surface area contributed by atoms with Gasteiger partial charge in [-0.05, 0) is 30.3 Å². The molecular weight excluding hydrogens is 342 g/mol. The van der Waals surface area contributed by atoms with Crippen LogP contribution in [0.1, 0.15) is 20.7 Å². The summed E-state index contributed by atoms with van der Waals surface area (Å²) < 4.78 is 6.27. The van der Waals surface area contributed by atoms with Crippen LogP contribution in [-0.4, -0.2) is 28.8 Å². The topological polar surface area (TPSA) is 73.2 Å². The molecule has 0 aliphatic rings. The monoisotopic (exact) mass is 355 g/mol. The number of carbonyl (C=O) groups is 2. The first kappa shape index (κ1) is 16.7. The molecule has 126 valence electrons. The predicted molar refractivity (Wildman–Crippen MR) is 94.3 cm³/mol. The molecule has 0 spiro atoms. The molecule has 0 unspecified atom stereocenters. The number of para-hydroxylation sites is 1. The van der Waals surface area contributed by atoms with E-state index in [1.165, 1.54) is 25.4 Å². The molecule has 0 bridgehead atoms. The lowest BCUT2D eigenvalue weighted by atomic mass is 10.2. The van der Waals surface area contributed by atoms with Crippen LogP contribution in [0.25, 0.3) is 5.69 Å². The number of esters is 1. The normalized spacial score (nSPS) is 10.3. The van der Waals surface area contributed by atoms with Gasteiger partial charge in [-0.25, -0.2) is 9.48 Å². The summed E-state index contributed by atoms with van der Waals surface area (Å²) in [5.41, 5.74) is 1.85. The van der Waals surface area contributed by atoms with E-state index in [0.29, 0.717) is 11.3 Å². The van der Waals surface area contributed by atoms with E-state index in [4.69, 9.17) is 11.6 Å². The molecule has 25 heavy (non-hydrogen) atoms. The first-order valence-corrected chi connectivity index (χ1v) is 7.75. The molecule has 2 aromatic carbocycles. The molecule has 0 aliphatic heterocycles. The third kappa shape index (κ3) is 3.70.